The highest BCUT2D eigenvalue weighted by Crippen LogP contribution is 2.45. The number of hydrogen-bond donors (Lipinski definition) is 0. The lowest BCUT2D eigenvalue weighted by molar-refractivity contribution is 0.0450. The molecular formula is C18H18O5. The number of cyclic esters (lactones) is 1. The molecular weight excluding hydrogens is 296 g/mol. The molecule has 0 aliphatic carbocycles. The van der Waals surface area contributed by atoms with Crippen molar-refractivity contribution in [3.8, 4) is 17.2 Å². The van der Waals surface area contributed by atoms with Crippen LogP contribution >= 0.6 is 0 Å². The molecule has 1 heterocycles. The van der Waals surface area contributed by atoms with E-state index >= 15 is 0 Å². The first kappa shape index (κ1) is 15.2. The first-order chi connectivity index (χ1) is 11.1. The van der Waals surface area contributed by atoms with E-state index < -0.39 is 6.10 Å². The Morgan fingerprint density at radius 2 is 1.65 bits per heavy atom. The minimum absolute atomic E-state index is 0.370. The van der Waals surface area contributed by atoms with E-state index in [1.807, 2.05) is 25.1 Å². The average Bonchev–Trinajstić information content (AvgIpc) is 2.91. The Hall–Kier alpha value is -2.69. The largest absolute Gasteiger partial charge is 0.496 e. The zero-order valence-electron chi connectivity index (χ0n) is 13.5. The molecule has 5 heteroatoms. The van der Waals surface area contributed by atoms with Crippen molar-refractivity contribution in [2.24, 2.45) is 0 Å². The summed E-state index contributed by atoms with van der Waals surface area (Å²) in [6.45, 7) is 1.93. The molecule has 1 aliphatic heterocycles. The van der Waals surface area contributed by atoms with Gasteiger partial charge < -0.3 is 18.9 Å². The summed E-state index contributed by atoms with van der Waals surface area (Å²) in [5.74, 6) is 1.59. The van der Waals surface area contributed by atoms with Gasteiger partial charge in [0.15, 0.2) is 6.10 Å². The van der Waals surface area contributed by atoms with E-state index in [0.29, 0.717) is 28.4 Å². The molecule has 1 atom stereocenters. The number of carbonyl (C=O) groups is 1. The second-order valence-corrected chi connectivity index (χ2v) is 5.27. The van der Waals surface area contributed by atoms with Crippen LogP contribution in [0.25, 0.3) is 0 Å². The van der Waals surface area contributed by atoms with E-state index in [1.54, 1.807) is 33.5 Å². The molecule has 3 rings (SSSR count). The number of ether oxygens (including phenoxy) is 4. The Morgan fingerprint density at radius 3 is 2.30 bits per heavy atom. The Bertz CT molecular complexity index is 766. The van der Waals surface area contributed by atoms with Gasteiger partial charge in [0.2, 0.25) is 0 Å². The van der Waals surface area contributed by atoms with Crippen LogP contribution in [0.4, 0.5) is 0 Å². The lowest BCUT2D eigenvalue weighted by Crippen LogP contribution is -2.05. The number of benzene rings is 2. The normalized spacial score (nSPS) is 15.8. The third-order valence-electron chi connectivity index (χ3n) is 4.02. The summed E-state index contributed by atoms with van der Waals surface area (Å²) in [5, 5.41) is 0. The van der Waals surface area contributed by atoms with Gasteiger partial charge in [-0.1, -0.05) is 6.07 Å². The Kier molecular flexibility index (Phi) is 3.86. The predicted octanol–water partition coefficient (Wildman–Crippen LogP) is 3.28. The molecule has 5 nitrogen and oxygen atoms in total. The number of fused-ring (bicyclic) bond motifs is 1. The maximum Gasteiger partial charge on any atom is 0.339 e. The second kappa shape index (κ2) is 5.83. The fraction of sp³-hybridized carbons (Fsp3) is 0.278. The number of carbonyl (C=O) groups excluding carboxylic acids is 1. The van der Waals surface area contributed by atoms with Crippen LogP contribution in [-0.4, -0.2) is 27.3 Å². The lowest BCUT2D eigenvalue weighted by Gasteiger charge is -2.19. The van der Waals surface area contributed by atoms with Gasteiger partial charge in [0.25, 0.3) is 0 Å². The van der Waals surface area contributed by atoms with Gasteiger partial charge in [-0.15, -0.1) is 0 Å². The Morgan fingerprint density at radius 1 is 0.957 bits per heavy atom. The summed E-state index contributed by atoms with van der Waals surface area (Å²) in [6.07, 6.45) is -0.585. The van der Waals surface area contributed by atoms with Gasteiger partial charge in [-0.3, -0.25) is 0 Å². The zero-order chi connectivity index (χ0) is 16.6. The smallest absolute Gasteiger partial charge is 0.339 e. The van der Waals surface area contributed by atoms with Crippen molar-refractivity contribution in [3.05, 3.63) is 52.6 Å². The quantitative estimate of drug-likeness (QED) is 0.811. The van der Waals surface area contributed by atoms with Gasteiger partial charge in [-0.25, -0.2) is 4.79 Å². The van der Waals surface area contributed by atoms with Crippen molar-refractivity contribution < 1.29 is 23.7 Å². The van der Waals surface area contributed by atoms with Crippen LogP contribution in [0.5, 0.6) is 17.2 Å². The molecule has 2 aromatic rings. The van der Waals surface area contributed by atoms with Crippen molar-refractivity contribution in [2.45, 2.75) is 13.0 Å². The minimum Gasteiger partial charge on any atom is -0.496 e. The molecule has 2 aromatic carbocycles. The highest BCUT2D eigenvalue weighted by atomic mass is 16.6. The van der Waals surface area contributed by atoms with E-state index in [1.165, 1.54) is 0 Å². The van der Waals surface area contributed by atoms with Crippen LogP contribution in [0, 0.1) is 6.92 Å². The van der Waals surface area contributed by atoms with Crippen LogP contribution in [0.15, 0.2) is 30.3 Å². The summed E-state index contributed by atoms with van der Waals surface area (Å²) < 4.78 is 21.9. The van der Waals surface area contributed by atoms with Crippen LogP contribution in [0.3, 0.4) is 0 Å². The van der Waals surface area contributed by atoms with Crippen molar-refractivity contribution >= 4 is 5.97 Å². The molecule has 0 fully saturated rings. The number of aryl methyl sites for hydroxylation is 1. The van der Waals surface area contributed by atoms with E-state index in [-0.39, 0.29) is 5.97 Å². The predicted molar refractivity (Wildman–Crippen MR) is 84.5 cm³/mol. The summed E-state index contributed by atoms with van der Waals surface area (Å²) in [5.41, 5.74) is 2.89. The molecule has 0 spiro atoms. The monoisotopic (exact) mass is 314 g/mol. The van der Waals surface area contributed by atoms with E-state index in [2.05, 4.69) is 0 Å². The fourth-order valence-electron chi connectivity index (χ4n) is 2.90. The topological polar surface area (TPSA) is 54.0 Å². The van der Waals surface area contributed by atoms with Crippen LogP contribution < -0.4 is 14.2 Å². The van der Waals surface area contributed by atoms with Crippen molar-refractivity contribution in [3.63, 3.8) is 0 Å². The molecule has 0 N–H and O–H groups in total. The number of rotatable bonds is 4. The fourth-order valence-corrected chi connectivity index (χ4v) is 2.90. The Labute approximate surface area is 134 Å². The van der Waals surface area contributed by atoms with E-state index in [0.717, 1.165) is 11.1 Å². The van der Waals surface area contributed by atoms with E-state index in [9.17, 15) is 4.79 Å². The maximum atomic E-state index is 12.2. The van der Waals surface area contributed by atoms with Crippen LogP contribution in [-0.2, 0) is 4.74 Å². The summed E-state index contributed by atoms with van der Waals surface area (Å²) >= 11 is 0. The molecule has 0 amide bonds. The zero-order valence-corrected chi connectivity index (χ0v) is 13.5. The van der Waals surface area contributed by atoms with Crippen molar-refractivity contribution in [2.75, 3.05) is 21.3 Å². The molecule has 1 aliphatic rings. The summed E-state index contributed by atoms with van der Waals surface area (Å²) in [7, 11) is 4.76. The number of esters is 1. The highest BCUT2D eigenvalue weighted by molar-refractivity contribution is 5.95. The SMILES string of the molecule is COc1cc(C2OC(=O)c3cccc(OC)c32)c(OC)cc1C. The highest BCUT2D eigenvalue weighted by Gasteiger charge is 2.37. The lowest BCUT2D eigenvalue weighted by atomic mass is 9.96. The standard InChI is InChI=1S/C18H18O5/c1-10-8-15(22-4)12(9-14(10)21-3)17-16-11(18(19)23-17)6-5-7-13(16)20-2/h5-9,17H,1-4H3. The van der Waals surface area contributed by atoms with Crippen molar-refractivity contribution in [1.82, 2.24) is 0 Å². The van der Waals surface area contributed by atoms with Gasteiger partial charge in [-0.2, -0.15) is 0 Å². The molecule has 0 aromatic heterocycles. The number of methoxy groups -OCH3 is 3. The molecule has 1 unspecified atom stereocenters. The molecule has 0 saturated carbocycles. The van der Waals surface area contributed by atoms with Gasteiger partial charge in [0, 0.05) is 5.56 Å². The first-order valence-electron chi connectivity index (χ1n) is 7.21. The van der Waals surface area contributed by atoms with Crippen LogP contribution in [0.1, 0.15) is 33.2 Å². The van der Waals surface area contributed by atoms with Crippen LogP contribution in [0.2, 0.25) is 0 Å². The van der Waals surface area contributed by atoms with Gasteiger partial charge in [0.05, 0.1) is 32.5 Å². The maximum absolute atomic E-state index is 12.2. The molecule has 120 valence electrons. The molecule has 0 radical (unpaired) electrons. The summed E-state index contributed by atoms with van der Waals surface area (Å²) in [6, 6.07) is 9.03. The minimum atomic E-state index is -0.585. The molecule has 0 bridgehead atoms. The third kappa shape index (κ3) is 2.38. The third-order valence-corrected chi connectivity index (χ3v) is 4.02. The average molecular weight is 314 g/mol. The first-order valence-corrected chi connectivity index (χ1v) is 7.21. The van der Waals surface area contributed by atoms with Gasteiger partial charge >= 0.3 is 5.97 Å². The van der Waals surface area contributed by atoms with E-state index in [4.69, 9.17) is 18.9 Å². The number of hydrogen-bond acceptors (Lipinski definition) is 5. The van der Waals surface area contributed by atoms with Gasteiger partial charge in [-0.05, 0) is 36.8 Å². The van der Waals surface area contributed by atoms with Gasteiger partial charge in [0.1, 0.15) is 17.2 Å². The Balaban J connectivity index is 2.21. The summed E-state index contributed by atoms with van der Waals surface area (Å²) in [4.78, 5) is 12.2. The van der Waals surface area contributed by atoms with Crippen molar-refractivity contribution in [1.29, 1.82) is 0 Å². The second-order valence-electron chi connectivity index (χ2n) is 5.27. The molecule has 0 saturated heterocycles. The molecule has 23 heavy (non-hydrogen) atoms.